The van der Waals surface area contributed by atoms with Gasteiger partial charge in [-0.2, -0.15) is 0 Å². The molecule has 3 rings (SSSR count). The highest BCUT2D eigenvalue weighted by Crippen LogP contribution is 2.22. The number of rotatable bonds is 4. The maximum atomic E-state index is 11.9. The zero-order valence-corrected chi connectivity index (χ0v) is 13.2. The molecule has 1 aromatic carbocycles. The van der Waals surface area contributed by atoms with Crippen molar-refractivity contribution in [1.82, 2.24) is 9.97 Å². The Morgan fingerprint density at radius 1 is 1.04 bits per heavy atom. The number of oxazole rings is 1. The highest BCUT2D eigenvalue weighted by atomic mass is 35.5. The van der Waals surface area contributed by atoms with E-state index in [1.165, 1.54) is 18.3 Å². The van der Waals surface area contributed by atoms with Crippen LogP contribution in [0.1, 0.15) is 16.2 Å². The number of esters is 1. The lowest BCUT2D eigenvalue weighted by atomic mass is 10.2. The van der Waals surface area contributed by atoms with Gasteiger partial charge in [0.25, 0.3) is 0 Å². The fourth-order valence-corrected chi connectivity index (χ4v) is 2.07. The normalized spacial score (nSPS) is 10.5. The molecule has 7 heteroatoms. The van der Waals surface area contributed by atoms with Crippen molar-refractivity contribution in [2.24, 2.45) is 0 Å². The summed E-state index contributed by atoms with van der Waals surface area (Å²) in [7, 11) is 0. The molecule has 23 heavy (non-hydrogen) atoms. The minimum Gasteiger partial charge on any atom is -0.452 e. The van der Waals surface area contributed by atoms with Gasteiger partial charge in [0.15, 0.2) is 12.4 Å². The van der Waals surface area contributed by atoms with Crippen molar-refractivity contribution in [2.45, 2.75) is 6.61 Å². The summed E-state index contributed by atoms with van der Waals surface area (Å²) >= 11 is 11.5. The molecule has 0 radical (unpaired) electrons. The third-order valence-electron chi connectivity index (χ3n) is 2.97. The van der Waals surface area contributed by atoms with Crippen molar-refractivity contribution in [3.63, 3.8) is 0 Å². The van der Waals surface area contributed by atoms with E-state index in [0.29, 0.717) is 27.4 Å². The molecule has 0 atom stereocenters. The number of carbonyl (C=O) groups excluding carboxylic acids is 1. The van der Waals surface area contributed by atoms with Crippen molar-refractivity contribution in [3.8, 4) is 11.3 Å². The maximum absolute atomic E-state index is 11.9. The fourth-order valence-electron chi connectivity index (χ4n) is 1.83. The first-order valence-electron chi connectivity index (χ1n) is 6.61. The van der Waals surface area contributed by atoms with E-state index in [4.69, 9.17) is 32.4 Å². The summed E-state index contributed by atoms with van der Waals surface area (Å²) in [5, 5.41) is 0.945. The van der Waals surface area contributed by atoms with Gasteiger partial charge in [0.05, 0.1) is 11.8 Å². The van der Waals surface area contributed by atoms with Gasteiger partial charge < -0.3 is 9.15 Å². The summed E-state index contributed by atoms with van der Waals surface area (Å²) < 4.78 is 10.7. The predicted molar refractivity (Wildman–Crippen MR) is 85.3 cm³/mol. The van der Waals surface area contributed by atoms with E-state index in [1.54, 1.807) is 18.3 Å². The van der Waals surface area contributed by atoms with Gasteiger partial charge in [0.2, 0.25) is 5.89 Å². The van der Waals surface area contributed by atoms with E-state index in [-0.39, 0.29) is 6.61 Å². The summed E-state index contributed by atoms with van der Waals surface area (Å²) in [4.78, 5) is 19.8. The van der Waals surface area contributed by atoms with Crippen molar-refractivity contribution in [3.05, 3.63) is 70.4 Å². The molecule has 0 spiro atoms. The van der Waals surface area contributed by atoms with Crippen LogP contribution in [-0.2, 0) is 11.3 Å². The van der Waals surface area contributed by atoms with Crippen LogP contribution in [0.25, 0.3) is 11.3 Å². The van der Waals surface area contributed by atoms with Gasteiger partial charge in [-0.15, -0.1) is 0 Å². The molecule has 0 aliphatic rings. The van der Waals surface area contributed by atoms with E-state index in [2.05, 4.69) is 9.97 Å². The summed E-state index contributed by atoms with van der Waals surface area (Å²) in [6.45, 7) is -0.0744. The molecule has 0 saturated heterocycles. The van der Waals surface area contributed by atoms with Crippen molar-refractivity contribution < 1.29 is 13.9 Å². The standard InChI is InChI=1S/C16H10Cl2N2O3/c17-12-4-1-10(2-5-12)13-8-20-15(23-13)9-22-16(21)11-3-6-14(18)19-7-11/h1-8H,9H2. The minimum atomic E-state index is -0.527. The van der Waals surface area contributed by atoms with Crippen molar-refractivity contribution in [1.29, 1.82) is 0 Å². The second-order valence-electron chi connectivity index (χ2n) is 4.57. The highest BCUT2D eigenvalue weighted by molar-refractivity contribution is 6.30. The molecule has 0 bridgehead atoms. The average molecular weight is 349 g/mol. The van der Waals surface area contributed by atoms with Crippen LogP contribution in [0.3, 0.4) is 0 Å². The Labute approximate surface area is 141 Å². The molecule has 5 nitrogen and oxygen atoms in total. The summed E-state index contributed by atoms with van der Waals surface area (Å²) in [5.41, 5.74) is 1.14. The number of halogens is 2. The first-order chi connectivity index (χ1) is 11.1. The number of benzene rings is 1. The Hall–Kier alpha value is -2.37. The molecule has 3 aromatic rings. The van der Waals surface area contributed by atoms with E-state index < -0.39 is 5.97 Å². The fraction of sp³-hybridized carbons (Fsp3) is 0.0625. The first kappa shape index (κ1) is 15.5. The van der Waals surface area contributed by atoms with Crippen LogP contribution in [0.5, 0.6) is 0 Å². The number of aromatic nitrogens is 2. The summed E-state index contributed by atoms with van der Waals surface area (Å²) in [6.07, 6.45) is 2.91. The number of nitrogens with zero attached hydrogens (tertiary/aromatic N) is 2. The number of pyridine rings is 1. The topological polar surface area (TPSA) is 65.2 Å². The molecule has 0 aliphatic heterocycles. The van der Waals surface area contributed by atoms with Crippen LogP contribution in [-0.4, -0.2) is 15.9 Å². The molecule has 0 unspecified atom stereocenters. The zero-order chi connectivity index (χ0) is 16.2. The SMILES string of the molecule is O=C(OCc1ncc(-c2ccc(Cl)cc2)o1)c1ccc(Cl)nc1. The van der Waals surface area contributed by atoms with Gasteiger partial charge >= 0.3 is 5.97 Å². The Morgan fingerprint density at radius 3 is 2.52 bits per heavy atom. The van der Waals surface area contributed by atoms with Gasteiger partial charge in [-0.3, -0.25) is 0 Å². The van der Waals surface area contributed by atoms with Crippen LogP contribution in [0.2, 0.25) is 10.2 Å². The second-order valence-corrected chi connectivity index (χ2v) is 5.39. The Balaban J connectivity index is 1.64. The molecule has 0 amide bonds. The Bertz CT molecular complexity index is 814. The van der Waals surface area contributed by atoms with Gasteiger partial charge in [-0.25, -0.2) is 14.8 Å². The van der Waals surface area contributed by atoms with E-state index in [0.717, 1.165) is 5.56 Å². The van der Waals surface area contributed by atoms with E-state index >= 15 is 0 Å². The van der Waals surface area contributed by atoms with Gasteiger partial charge in [0, 0.05) is 16.8 Å². The van der Waals surface area contributed by atoms with Crippen molar-refractivity contribution in [2.75, 3.05) is 0 Å². The first-order valence-corrected chi connectivity index (χ1v) is 7.37. The third-order valence-corrected chi connectivity index (χ3v) is 3.45. The molecule has 116 valence electrons. The molecular formula is C16H10Cl2N2O3. The zero-order valence-electron chi connectivity index (χ0n) is 11.7. The van der Waals surface area contributed by atoms with Gasteiger partial charge in [-0.05, 0) is 36.4 Å². The van der Waals surface area contributed by atoms with Crippen LogP contribution < -0.4 is 0 Å². The molecular weight excluding hydrogens is 339 g/mol. The van der Waals surface area contributed by atoms with Gasteiger partial charge in [-0.1, -0.05) is 23.2 Å². The Morgan fingerprint density at radius 2 is 1.83 bits per heavy atom. The molecule has 0 saturated carbocycles. The van der Waals surface area contributed by atoms with Crippen molar-refractivity contribution >= 4 is 29.2 Å². The smallest absolute Gasteiger partial charge is 0.340 e. The Kier molecular flexibility index (Phi) is 4.60. The average Bonchev–Trinajstić information content (AvgIpc) is 3.03. The maximum Gasteiger partial charge on any atom is 0.340 e. The number of hydrogen-bond donors (Lipinski definition) is 0. The van der Waals surface area contributed by atoms with E-state index in [1.807, 2.05) is 12.1 Å². The minimum absolute atomic E-state index is 0.0744. The third kappa shape index (κ3) is 3.88. The predicted octanol–water partition coefficient (Wildman–Crippen LogP) is 4.40. The molecule has 0 fully saturated rings. The van der Waals surface area contributed by atoms with Crippen LogP contribution >= 0.6 is 23.2 Å². The van der Waals surface area contributed by atoms with Gasteiger partial charge in [0.1, 0.15) is 5.15 Å². The summed E-state index contributed by atoms with van der Waals surface area (Å²) in [6, 6.07) is 10.2. The highest BCUT2D eigenvalue weighted by Gasteiger charge is 2.11. The summed E-state index contributed by atoms with van der Waals surface area (Å²) in [5.74, 6) is 0.339. The quantitative estimate of drug-likeness (QED) is 0.516. The number of hydrogen-bond acceptors (Lipinski definition) is 5. The number of carbonyl (C=O) groups is 1. The lowest BCUT2D eigenvalue weighted by Gasteiger charge is -2.02. The lowest BCUT2D eigenvalue weighted by Crippen LogP contribution is -2.05. The monoisotopic (exact) mass is 348 g/mol. The second kappa shape index (κ2) is 6.81. The number of ether oxygens (including phenoxy) is 1. The van der Waals surface area contributed by atoms with E-state index in [9.17, 15) is 4.79 Å². The molecule has 0 aliphatic carbocycles. The lowest BCUT2D eigenvalue weighted by molar-refractivity contribution is 0.0438. The van der Waals surface area contributed by atoms with Crippen LogP contribution in [0.15, 0.2) is 53.2 Å². The molecule has 0 N–H and O–H groups in total. The molecule has 2 heterocycles. The largest absolute Gasteiger partial charge is 0.452 e. The van der Waals surface area contributed by atoms with Crippen LogP contribution in [0.4, 0.5) is 0 Å². The van der Waals surface area contributed by atoms with Crippen LogP contribution in [0, 0.1) is 0 Å². The molecule has 2 aromatic heterocycles.